The maximum atomic E-state index is 11.8. The van der Waals surface area contributed by atoms with E-state index in [1.165, 1.54) is 7.11 Å². The minimum absolute atomic E-state index is 0.0688. The zero-order valence-electron chi connectivity index (χ0n) is 10.6. The number of pyridine rings is 1. The van der Waals surface area contributed by atoms with E-state index in [0.717, 1.165) is 5.56 Å². The first kappa shape index (κ1) is 14.0. The van der Waals surface area contributed by atoms with Crippen molar-refractivity contribution in [2.45, 2.75) is 12.3 Å². The van der Waals surface area contributed by atoms with Gasteiger partial charge in [-0.3, -0.25) is 14.5 Å². The Morgan fingerprint density at radius 1 is 1.58 bits per heavy atom. The highest BCUT2D eigenvalue weighted by atomic mass is 32.2. The Labute approximate surface area is 112 Å². The predicted octanol–water partition coefficient (Wildman–Crippen LogP) is 0.277. The van der Waals surface area contributed by atoms with Crippen LogP contribution in [0.2, 0.25) is 0 Å². The standard InChI is InChI=1S/C12H16N2O4S/c1-18-5-6-19(16,17)14-12(15)11-7-10(11)9-3-2-4-13-8-9/h2-4,8,10-11H,5-7H2,1H3,(H,14,15)/t10-,11-/m0/s1. The van der Waals surface area contributed by atoms with Crippen molar-refractivity contribution in [3.05, 3.63) is 30.1 Å². The third-order valence-corrected chi connectivity index (χ3v) is 4.27. The number of aromatic nitrogens is 1. The summed E-state index contributed by atoms with van der Waals surface area (Å²) in [4.78, 5) is 15.8. The van der Waals surface area contributed by atoms with Crippen LogP contribution in [0, 0.1) is 5.92 Å². The van der Waals surface area contributed by atoms with E-state index < -0.39 is 15.9 Å². The molecular formula is C12H16N2O4S. The van der Waals surface area contributed by atoms with Crippen molar-refractivity contribution in [3.8, 4) is 0 Å². The lowest BCUT2D eigenvalue weighted by Gasteiger charge is -2.06. The van der Waals surface area contributed by atoms with Gasteiger partial charge >= 0.3 is 0 Å². The average molecular weight is 284 g/mol. The molecule has 0 unspecified atom stereocenters. The lowest BCUT2D eigenvalue weighted by molar-refractivity contribution is -0.120. The van der Waals surface area contributed by atoms with Gasteiger partial charge in [0.2, 0.25) is 15.9 Å². The van der Waals surface area contributed by atoms with Crippen LogP contribution in [0.1, 0.15) is 17.9 Å². The van der Waals surface area contributed by atoms with E-state index in [2.05, 4.69) is 14.4 Å². The van der Waals surface area contributed by atoms with Gasteiger partial charge in [0.25, 0.3) is 0 Å². The number of amides is 1. The van der Waals surface area contributed by atoms with Crippen LogP contribution >= 0.6 is 0 Å². The Hall–Kier alpha value is -1.47. The summed E-state index contributed by atoms with van der Waals surface area (Å²) in [5.41, 5.74) is 0.969. The second-order valence-electron chi connectivity index (χ2n) is 4.51. The van der Waals surface area contributed by atoms with E-state index in [0.29, 0.717) is 6.42 Å². The Morgan fingerprint density at radius 3 is 3.00 bits per heavy atom. The number of ether oxygens (including phenoxy) is 1. The molecule has 1 heterocycles. The highest BCUT2D eigenvalue weighted by Gasteiger charge is 2.45. The van der Waals surface area contributed by atoms with Gasteiger partial charge in [-0.2, -0.15) is 0 Å². The number of carbonyl (C=O) groups is 1. The summed E-state index contributed by atoms with van der Waals surface area (Å²) in [6.45, 7) is 0.0688. The van der Waals surface area contributed by atoms with Crippen LogP contribution in [0.25, 0.3) is 0 Å². The molecule has 0 saturated heterocycles. The molecule has 1 aliphatic carbocycles. The molecule has 2 rings (SSSR count). The molecule has 1 aromatic heterocycles. The van der Waals surface area contributed by atoms with Gasteiger partial charge in [0.05, 0.1) is 12.4 Å². The van der Waals surface area contributed by atoms with Gasteiger partial charge in [-0.1, -0.05) is 6.07 Å². The molecule has 1 aromatic rings. The lowest BCUT2D eigenvalue weighted by atomic mass is 10.1. The third-order valence-electron chi connectivity index (χ3n) is 3.05. The molecule has 2 atom stereocenters. The summed E-state index contributed by atoms with van der Waals surface area (Å²) >= 11 is 0. The number of sulfonamides is 1. The van der Waals surface area contributed by atoms with Gasteiger partial charge in [-0.15, -0.1) is 0 Å². The van der Waals surface area contributed by atoms with Crippen molar-refractivity contribution in [3.63, 3.8) is 0 Å². The molecular weight excluding hydrogens is 268 g/mol. The molecule has 0 radical (unpaired) electrons. The van der Waals surface area contributed by atoms with Crippen LogP contribution in [0.5, 0.6) is 0 Å². The monoisotopic (exact) mass is 284 g/mol. The first-order chi connectivity index (χ1) is 9.03. The quantitative estimate of drug-likeness (QED) is 0.811. The summed E-state index contributed by atoms with van der Waals surface area (Å²) in [5.74, 6) is -0.850. The van der Waals surface area contributed by atoms with Crippen molar-refractivity contribution < 1.29 is 17.9 Å². The average Bonchev–Trinajstić information content (AvgIpc) is 3.17. The van der Waals surface area contributed by atoms with Gasteiger partial charge in [-0.25, -0.2) is 8.42 Å². The summed E-state index contributed by atoms with van der Waals surface area (Å²) in [6.07, 6.45) is 4.03. The summed E-state index contributed by atoms with van der Waals surface area (Å²) in [5, 5.41) is 0. The van der Waals surface area contributed by atoms with Gasteiger partial charge in [-0.05, 0) is 24.0 Å². The summed E-state index contributed by atoms with van der Waals surface area (Å²) in [7, 11) is -2.18. The second-order valence-corrected chi connectivity index (χ2v) is 6.35. The molecule has 1 N–H and O–H groups in total. The van der Waals surface area contributed by atoms with Gasteiger partial charge < -0.3 is 4.74 Å². The van der Waals surface area contributed by atoms with Gasteiger partial charge in [0, 0.05) is 25.4 Å². The zero-order chi connectivity index (χ0) is 13.9. The molecule has 1 saturated carbocycles. The number of hydrogen-bond donors (Lipinski definition) is 1. The Kier molecular flexibility index (Phi) is 4.16. The molecule has 104 valence electrons. The number of hydrogen-bond acceptors (Lipinski definition) is 5. The van der Waals surface area contributed by atoms with E-state index in [1.807, 2.05) is 6.07 Å². The Bertz CT molecular complexity index is 544. The molecule has 0 bridgehead atoms. The number of rotatable bonds is 6. The molecule has 7 heteroatoms. The number of nitrogens with one attached hydrogen (secondary N) is 1. The van der Waals surface area contributed by atoms with Crippen LogP contribution in [-0.4, -0.2) is 38.8 Å². The predicted molar refractivity (Wildman–Crippen MR) is 68.9 cm³/mol. The van der Waals surface area contributed by atoms with E-state index in [1.54, 1.807) is 18.5 Å². The maximum Gasteiger partial charge on any atom is 0.237 e. The minimum atomic E-state index is -3.59. The minimum Gasteiger partial charge on any atom is -0.384 e. The second kappa shape index (κ2) is 5.66. The molecule has 0 spiro atoms. The normalized spacial score (nSPS) is 21.9. The van der Waals surface area contributed by atoms with Crippen LogP contribution < -0.4 is 4.72 Å². The highest BCUT2D eigenvalue weighted by molar-refractivity contribution is 7.90. The fraction of sp³-hybridized carbons (Fsp3) is 0.500. The Morgan fingerprint density at radius 2 is 2.37 bits per heavy atom. The molecule has 0 aromatic carbocycles. The van der Waals surface area contributed by atoms with Crippen LogP contribution in [0.15, 0.2) is 24.5 Å². The molecule has 1 aliphatic rings. The fourth-order valence-corrected chi connectivity index (χ4v) is 2.87. The van der Waals surface area contributed by atoms with Crippen LogP contribution in [0.3, 0.4) is 0 Å². The zero-order valence-corrected chi connectivity index (χ0v) is 11.4. The Balaban J connectivity index is 1.90. The number of carbonyl (C=O) groups excluding carboxylic acids is 1. The fourth-order valence-electron chi connectivity index (χ4n) is 1.92. The summed E-state index contributed by atoms with van der Waals surface area (Å²) < 4.78 is 29.9. The van der Waals surface area contributed by atoms with Crippen molar-refractivity contribution >= 4 is 15.9 Å². The molecule has 0 aliphatic heterocycles. The molecule has 19 heavy (non-hydrogen) atoms. The van der Waals surface area contributed by atoms with Crippen molar-refractivity contribution in [1.82, 2.24) is 9.71 Å². The van der Waals surface area contributed by atoms with Gasteiger partial charge in [0.1, 0.15) is 0 Å². The van der Waals surface area contributed by atoms with E-state index >= 15 is 0 Å². The van der Waals surface area contributed by atoms with E-state index in [-0.39, 0.29) is 24.2 Å². The van der Waals surface area contributed by atoms with Crippen LogP contribution in [0.4, 0.5) is 0 Å². The third kappa shape index (κ3) is 3.74. The van der Waals surface area contributed by atoms with Crippen molar-refractivity contribution in [1.29, 1.82) is 0 Å². The number of nitrogens with zero attached hydrogens (tertiary/aromatic N) is 1. The van der Waals surface area contributed by atoms with Crippen LogP contribution in [-0.2, 0) is 19.6 Å². The molecule has 1 fully saturated rings. The highest BCUT2D eigenvalue weighted by Crippen LogP contribution is 2.47. The number of methoxy groups -OCH3 is 1. The van der Waals surface area contributed by atoms with Crippen molar-refractivity contribution in [2.75, 3.05) is 19.5 Å². The lowest BCUT2D eigenvalue weighted by Crippen LogP contribution is -2.35. The molecule has 6 nitrogen and oxygen atoms in total. The van der Waals surface area contributed by atoms with E-state index in [9.17, 15) is 13.2 Å². The van der Waals surface area contributed by atoms with Gasteiger partial charge in [0.15, 0.2) is 0 Å². The molecule has 1 amide bonds. The maximum absolute atomic E-state index is 11.8. The summed E-state index contributed by atoms with van der Waals surface area (Å²) in [6, 6.07) is 3.70. The smallest absolute Gasteiger partial charge is 0.237 e. The van der Waals surface area contributed by atoms with Crippen molar-refractivity contribution in [2.24, 2.45) is 5.92 Å². The first-order valence-corrected chi connectivity index (χ1v) is 7.62. The largest absolute Gasteiger partial charge is 0.384 e. The first-order valence-electron chi connectivity index (χ1n) is 5.96. The SMILES string of the molecule is COCCS(=O)(=O)NC(=O)[C@H]1C[C@H]1c1cccnc1. The topological polar surface area (TPSA) is 85.4 Å². The van der Waals surface area contributed by atoms with E-state index in [4.69, 9.17) is 0 Å².